The standard InChI is InChI=1S/C29H36Cl2N6O7/c1-28(2,3)43-26(41)36-25(37-27(42)44-29(4,5)6)35-18-10-7-9-17(15-18)23(39)34-16-21(38)32-13-14-33-24(40)22-19(30)11-8-12-20(22)31/h7-12,15H,13-14,16H2,1-6H3,(H,32,38)(H,33,40)(H,34,39)(H2,35,36,37,41,42). The van der Waals surface area contributed by atoms with Gasteiger partial charge in [-0.1, -0.05) is 35.3 Å². The highest BCUT2D eigenvalue weighted by Gasteiger charge is 2.22. The Hall–Kier alpha value is -4.36. The number of carbonyl (C=O) groups is 5. The van der Waals surface area contributed by atoms with Crippen molar-refractivity contribution >= 4 is 64.8 Å². The third kappa shape index (κ3) is 13.3. The summed E-state index contributed by atoms with van der Waals surface area (Å²) in [4.78, 5) is 66.1. The van der Waals surface area contributed by atoms with Crippen molar-refractivity contribution in [3.05, 3.63) is 63.6 Å². The second-order valence-corrected chi connectivity index (χ2v) is 12.0. The van der Waals surface area contributed by atoms with E-state index < -0.39 is 41.1 Å². The summed E-state index contributed by atoms with van der Waals surface area (Å²) < 4.78 is 10.4. The number of halogens is 2. The molecule has 0 bridgehead atoms. The first kappa shape index (κ1) is 35.8. The molecule has 0 unspecified atom stereocenters. The van der Waals surface area contributed by atoms with Gasteiger partial charge in [-0.2, -0.15) is 0 Å². The van der Waals surface area contributed by atoms with Gasteiger partial charge in [0.2, 0.25) is 11.9 Å². The highest BCUT2D eigenvalue weighted by Crippen LogP contribution is 2.23. The molecule has 0 spiro atoms. The third-order valence-electron chi connectivity index (χ3n) is 4.92. The average molecular weight is 652 g/mol. The Morgan fingerprint density at radius 2 is 1.25 bits per heavy atom. The number of guanidine groups is 1. The van der Waals surface area contributed by atoms with Crippen LogP contribution in [0.4, 0.5) is 15.3 Å². The maximum Gasteiger partial charge on any atom is 0.414 e. The molecular weight excluding hydrogens is 615 g/mol. The normalized spacial score (nSPS) is 11.0. The molecule has 2 rings (SSSR count). The molecule has 0 aliphatic carbocycles. The molecule has 2 aromatic rings. The predicted octanol–water partition coefficient (Wildman–Crippen LogP) is 4.31. The highest BCUT2D eigenvalue weighted by atomic mass is 35.5. The van der Waals surface area contributed by atoms with Crippen molar-refractivity contribution < 1.29 is 33.4 Å². The Morgan fingerprint density at radius 1 is 0.727 bits per heavy atom. The number of hydrogen-bond donors (Lipinski definition) is 5. The van der Waals surface area contributed by atoms with E-state index in [0.717, 1.165) is 0 Å². The van der Waals surface area contributed by atoms with Crippen LogP contribution >= 0.6 is 23.2 Å². The molecule has 44 heavy (non-hydrogen) atoms. The van der Waals surface area contributed by atoms with E-state index in [-0.39, 0.29) is 52.5 Å². The van der Waals surface area contributed by atoms with Crippen LogP contribution < -0.4 is 26.6 Å². The van der Waals surface area contributed by atoms with Gasteiger partial charge in [-0.05, 0) is 71.9 Å². The van der Waals surface area contributed by atoms with E-state index in [0.29, 0.717) is 0 Å². The summed E-state index contributed by atoms with van der Waals surface area (Å²) in [6.45, 7) is 9.86. The molecule has 0 radical (unpaired) electrons. The van der Waals surface area contributed by atoms with Crippen LogP contribution in [0.2, 0.25) is 10.0 Å². The van der Waals surface area contributed by atoms with Crippen LogP contribution in [0, 0.1) is 0 Å². The number of ether oxygens (including phenoxy) is 2. The zero-order chi connectivity index (χ0) is 33.1. The van der Waals surface area contributed by atoms with E-state index in [4.69, 9.17) is 32.7 Å². The Bertz CT molecular complexity index is 1370. The van der Waals surface area contributed by atoms with Crippen LogP contribution in [-0.2, 0) is 14.3 Å². The van der Waals surface area contributed by atoms with Gasteiger partial charge < -0.3 is 25.4 Å². The number of nitrogens with zero attached hydrogens (tertiary/aromatic N) is 1. The Labute approximate surface area is 265 Å². The van der Waals surface area contributed by atoms with Crippen molar-refractivity contribution in [3.8, 4) is 0 Å². The second kappa shape index (κ2) is 15.9. The number of benzene rings is 2. The van der Waals surface area contributed by atoms with Gasteiger partial charge in [-0.3, -0.25) is 25.0 Å². The molecule has 15 heteroatoms. The lowest BCUT2D eigenvalue weighted by molar-refractivity contribution is -0.120. The van der Waals surface area contributed by atoms with E-state index in [1.807, 2.05) is 0 Å². The van der Waals surface area contributed by atoms with Gasteiger partial charge in [0.1, 0.15) is 11.2 Å². The predicted molar refractivity (Wildman–Crippen MR) is 166 cm³/mol. The molecule has 0 aromatic heterocycles. The maximum atomic E-state index is 12.7. The quantitative estimate of drug-likeness (QED) is 0.161. The summed E-state index contributed by atoms with van der Waals surface area (Å²) in [5.41, 5.74) is -1.15. The topological polar surface area (TPSA) is 176 Å². The Kier molecular flexibility index (Phi) is 13.0. The summed E-state index contributed by atoms with van der Waals surface area (Å²) >= 11 is 12.0. The number of hydrogen-bond acceptors (Lipinski definition) is 8. The number of carbonyl (C=O) groups excluding carboxylic acids is 5. The Morgan fingerprint density at radius 3 is 1.80 bits per heavy atom. The summed E-state index contributed by atoms with van der Waals surface area (Å²) in [5.74, 6) is -1.87. The lowest BCUT2D eigenvalue weighted by atomic mass is 10.2. The molecule has 0 atom stereocenters. The SMILES string of the molecule is CC(C)(C)OC(=O)NC(=Nc1cccc(C(=O)NCC(=O)NCCNC(=O)c2c(Cl)cccc2Cl)c1)NC(=O)OC(C)(C)C. The summed E-state index contributed by atoms with van der Waals surface area (Å²) in [5, 5.41) is 12.8. The largest absolute Gasteiger partial charge is 0.444 e. The summed E-state index contributed by atoms with van der Waals surface area (Å²) in [6, 6.07) is 10.6. The van der Waals surface area contributed by atoms with Crippen molar-refractivity contribution in [3.63, 3.8) is 0 Å². The van der Waals surface area contributed by atoms with Gasteiger partial charge in [-0.15, -0.1) is 0 Å². The molecule has 0 heterocycles. The van der Waals surface area contributed by atoms with Gasteiger partial charge in [0.25, 0.3) is 11.8 Å². The number of rotatable bonds is 8. The smallest absolute Gasteiger partial charge is 0.414 e. The lowest BCUT2D eigenvalue weighted by Crippen LogP contribution is -2.47. The highest BCUT2D eigenvalue weighted by molar-refractivity contribution is 6.39. The number of alkyl carbamates (subject to hydrolysis) is 2. The molecule has 0 aliphatic heterocycles. The van der Waals surface area contributed by atoms with Crippen LogP contribution in [0.3, 0.4) is 0 Å². The van der Waals surface area contributed by atoms with Crippen LogP contribution in [0.1, 0.15) is 62.3 Å². The van der Waals surface area contributed by atoms with Crippen molar-refractivity contribution in [2.45, 2.75) is 52.7 Å². The minimum Gasteiger partial charge on any atom is -0.444 e. The lowest BCUT2D eigenvalue weighted by Gasteiger charge is -2.22. The maximum absolute atomic E-state index is 12.7. The first-order chi connectivity index (χ1) is 20.4. The van der Waals surface area contributed by atoms with Crippen molar-refractivity contribution in [2.75, 3.05) is 19.6 Å². The first-order valence-electron chi connectivity index (χ1n) is 13.4. The molecule has 238 valence electrons. The van der Waals surface area contributed by atoms with E-state index in [2.05, 4.69) is 31.6 Å². The van der Waals surface area contributed by atoms with E-state index >= 15 is 0 Å². The number of nitrogens with one attached hydrogen (secondary N) is 5. The minimum atomic E-state index is -0.876. The summed E-state index contributed by atoms with van der Waals surface area (Å²) in [6.07, 6.45) is -1.75. The van der Waals surface area contributed by atoms with Gasteiger partial charge >= 0.3 is 12.2 Å². The molecule has 0 aliphatic rings. The molecular formula is C29H36Cl2N6O7. The summed E-state index contributed by atoms with van der Waals surface area (Å²) in [7, 11) is 0. The van der Waals surface area contributed by atoms with Gasteiger partial charge in [0, 0.05) is 18.7 Å². The van der Waals surface area contributed by atoms with Crippen molar-refractivity contribution in [2.24, 2.45) is 4.99 Å². The average Bonchev–Trinajstić information content (AvgIpc) is 2.87. The van der Waals surface area contributed by atoms with Crippen LogP contribution in [0.25, 0.3) is 0 Å². The van der Waals surface area contributed by atoms with Gasteiger partial charge in [0.15, 0.2) is 0 Å². The first-order valence-corrected chi connectivity index (χ1v) is 14.1. The van der Waals surface area contributed by atoms with Gasteiger partial charge in [0.05, 0.1) is 27.8 Å². The molecule has 2 aromatic carbocycles. The number of amides is 5. The van der Waals surface area contributed by atoms with Crippen LogP contribution in [0.15, 0.2) is 47.5 Å². The van der Waals surface area contributed by atoms with E-state index in [1.165, 1.54) is 36.4 Å². The van der Waals surface area contributed by atoms with E-state index in [9.17, 15) is 24.0 Å². The minimum absolute atomic E-state index is 0.0881. The van der Waals surface area contributed by atoms with Crippen LogP contribution in [0.5, 0.6) is 0 Å². The molecule has 13 nitrogen and oxygen atoms in total. The van der Waals surface area contributed by atoms with Crippen molar-refractivity contribution in [1.82, 2.24) is 26.6 Å². The second-order valence-electron chi connectivity index (χ2n) is 11.1. The van der Waals surface area contributed by atoms with Crippen molar-refractivity contribution in [1.29, 1.82) is 0 Å². The fourth-order valence-electron chi connectivity index (χ4n) is 3.24. The molecule has 5 N–H and O–H groups in total. The Balaban J connectivity index is 1.97. The molecule has 5 amide bonds. The fourth-order valence-corrected chi connectivity index (χ4v) is 3.81. The third-order valence-corrected chi connectivity index (χ3v) is 5.55. The molecule has 0 saturated heterocycles. The molecule has 0 fully saturated rings. The van der Waals surface area contributed by atoms with E-state index in [1.54, 1.807) is 47.6 Å². The zero-order valence-corrected chi connectivity index (χ0v) is 26.7. The number of aliphatic imine (C=N–C) groups is 1. The molecule has 0 saturated carbocycles. The van der Waals surface area contributed by atoms with Crippen LogP contribution in [-0.4, -0.2) is 66.7 Å². The zero-order valence-electron chi connectivity index (χ0n) is 25.2. The monoisotopic (exact) mass is 650 g/mol. The van der Waals surface area contributed by atoms with Gasteiger partial charge in [-0.25, -0.2) is 14.6 Å². The fraction of sp³-hybridized carbons (Fsp3) is 0.379.